The second-order valence-electron chi connectivity index (χ2n) is 6.54. The first-order chi connectivity index (χ1) is 13.0. The van der Waals surface area contributed by atoms with Gasteiger partial charge < -0.3 is 9.47 Å². The molecule has 0 aliphatic rings. The third kappa shape index (κ3) is 4.17. The van der Waals surface area contributed by atoms with Crippen molar-refractivity contribution in [1.29, 1.82) is 0 Å². The number of imidazole rings is 1. The van der Waals surface area contributed by atoms with Crippen molar-refractivity contribution in [3.63, 3.8) is 0 Å². The van der Waals surface area contributed by atoms with Crippen molar-refractivity contribution in [2.45, 2.75) is 27.3 Å². The van der Waals surface area contributed by atoms with Gasteiger partial charge in [-0.05, 0) is 44.3 Å². The fourth-order valence-electron chi connectivity index (χ4n) is 3.16. The van der Waals surface area contributed by atoms with Gasteiger partial charge in [0.05, 0.1) is 16.6 Å². The number of hydrogen-bond donors (Lipinski definition) is 1. The summed E-state index contributed by atoms with van der Waals surface area (Å²) in [6.45, 7) is 9.52. The Labute approximate surface area is 158 Å². The van der Waals surface area contributed by atoms with Crippen molar-refractivity contribution in [1.82, 2.24) is 14.5 Å². The summed E-state index contributed by atoms with van der Waals surface area (Å²) in [5, 5.41) is 2.80. The van der Waals surface area contributed by atoms with E-state index in [0.29, 0.717) is 12.5 Å². The molecular formula is C21H25FN4O. The highest BCUT2D eigenvalue weighted by molar-refractivity contribution is 6.04. The second kappa shape index (κ2) is 8.31. The van der Waals surface area contributed by atoms with Crippen LogP contribution in [-0.4, -0.2) is 40.0 Å². The van der Waals surface area contributed by atoms with Gasteiger partial charge >= 0.3 is 0 Å². The molecule has 2 aromatic carbocycles. The standard InChI is InChI=1S/C21H25FN4O/c1-4-25(5-2)12-13-26-19-9-7-6-8-18(19)23-21(26)24-20(27)16-14-15(3)10-11-17(16)22/h6-11,14H,4-5,12-13H2,1-3H3,(H,23,24,27). The molecule has 0 saturated heterocycles. The minimum atomic E-state index is -0.538. The van der Waals surface area contributed by atoms with Crippen LogP contribution in [0.5, 0.6) is 0 Å². The third-order valence-electron chi connectivity index (χ3n) is 4.78. The van der Waals surface area contributed by atoms with Crippen molar-refractivity contribution in [3.05, 3.63) is 59.4 Å². The number of hydrogen-bond acceptors (Lipinski definition) is 3. The number of amides is 1. The Kier molecular flexibility index (Phi) is 5.86. The minimum absolute atomic E-state index is 0.0253. The molecule has 5 nitrogen and oxygen atoms in total. The fraction of sp³-hybridized carbons (Fsp3) is 0.333. The molecule has 0 saturated carbocycles. The number of anilines is 1. The topological polar surface area (TPSA) is 50.2 Å². The number of carbonyl (C=O) groups excluding carboxylic acids is 1. The van der Waals surface area contributed by atoms with Crippen LogP contribution in [0.25, 0.3) is 11.0 Å². The van der Waals surface area contributed by atoms with Crippen molar-refractivity contribution < 1.29 is 9.18 Å². The number of likely N-dealkylation sites (N-methyl/N-ethyl adjacent to an activating group) is 1. The molecule has 0 aliphatic heterocycles. The maximum Gasteiger partial charge on any atom is 0.260 e. The van der Waals surface area contributed by atoms with Crippen LogP contribution >= 0.6 is 0 Å². The summed E-state index contributed by atoms with van der Waals surface area (Å²) in [7, 11) is 0. The van der Waals surface area contributed by atoms with Crippen LogP contribution in [0.2, 0.25) is 0 Å². The van der Waals surface area contributed by atoms with Crippen LogP contribution in [0, 0.1) is 12.7 Å². The first-order valence-corrected chi connectivity index (χ1v) is 9.28. The normalized spacial score (nSPS) is 11.3. The zero-order valence-corrected chi connectivity index (χ0v) is 16.0. The maximum absolute atomic E-state index is 14.1. The summed E-state index contributed by atoms with van der Waals surface area (Å²) in [5.41, 5.74) is 2.61. The van der Waals surface area contributed by atoms with E-state index in [2.05, 4.69) is 29.0 Å². The Morgan fingerprint density at radius 2 is 1.93 bits per heavy atom. The van der Waals surface area contributed by atoms with Gasteiger partial charge in [-0.1, -0.05) is 37.6 Å². The molecule has 6 heteroatoms. The molecule has 0 atom stereocenters. The molecule has 3 aromatic rings. The van der Waals surface area contributed by atoms with E-state index >= 15 is 0 Å². The monoisotopic (exact) mass is 368 g/mol. The van der Waals surface area contributed by atoms with E-state index in [1.165, 1.54) is 6.07 Å². The van der Waals surface area contributed by atoms with Crippen LogP contribution in [-0.2, 0) is 6.54 Å². The lowest BCUT2D eigenvalue weighted by Gasteiger charge is -2.19. The van der Waals surface area contributed by atoms with E-state index in [-0.39, 0.29) is 5.56 Å². The van der Waals surface area contributed by atoms with E-state index in [0.717, 1.165) is 36.2 Å². The Balaban J connectivity index is 1.92. The van der Waals surface area contributed by atoms with E-state index in [4.69, 9.17) is 0 Å². The zero-order chi connectivity index (χ0) is 19.4. The smallest absolute Gasteiger partial charge is 0.260 e. The maximum atomic E-state index is 14.1. The molecule has 1 N–H and O–H groups in total. The largest absolute Gasteiger partial charge is 0.309 e. The predicted molar refractivity (Wildman–Crippen MR) is 107 cm³/mol. The highest BCUT2D eigenvalue weighted by atomic mass is 19.1. The molecule has 0 bridgehead atoms. The lowest BCUT2D eigenvalue weighted by molar-refractivity contribution is 0.102. The summed E-state index contributed by atoms with van der Waals surface area (Å²) in [4.78, 5) is 19.5. The molecule has 0 fully saturated rings. The van der Waals surface area contributed by atoms with Crippen LogP contribution in [0.15, 0.2) is 42.5 Å². The first kappa shape index (κ1) is 19.0. The lowest BCUT2D eigenvalue weighted by atomic mass is 10.1. The molecule has 0 spiro atoms. The Morgan fingerprint density at radius 1 is 1.19 bits per heavy atom. The van der Waals surface area contributed by atoms with Crippen LogP contribution in [0.4, 0.5) is 10.3 Å². The van der Waals surface area contributed by atoms with E-state index in [9.17, 15) is 9.18 Å². The highest BCUT2D eigenvalue weighted by Gasteiger charge is 2.17. The van der Waals surface area contributed by atoms with Gasteiger partial charge in [0.2, 0.25) is 5.95 Å². The quantitative estimate of drug-likeness (QED) is 0.684. The van der Waals surface area contributed by atoms with E-state index in [1.54, 1.807) is 12.1 Å². The summed E-state index contributed by atoms with van der Waals surface area (Å²) < 4.78 is 16.1. The van der Waals surface area contributed by atoms with Gasteiger partial charge in [-0.3, -0.25) is 10.1 Å². The number of aromatic nitrogens is 2. The number of para-hydroxylation sites is 2. The van der Waals surface area contributed by atoms with Crippen molar-refractivity contribution in [2.75, 3.05) is 25.0 Å². The molecule has 1 aromatic heterocycles. The number of benzene rings is 2. The lowest BCUT2D eigenvalue weighted by Crippen LogP contribution is -2.27. The first-order valence-electron chi connectivity index (χ1n) is 9.28. The molecule has 0 aliphatic carbocycles. The van der Waals surface area contributed by atoms with Crippen molar-refractivity contribution >= 4 is 22.9 Å². The average Bonchev–Trinajstić information content (AvgIpc) is 3.01. The van der Waals surface area contributed by atoms with E-state index in [1.807, 2.05) is 35.8 Å². The summed E-state index contributed by atoms with van der Waals surface area (Å²) >= 11 is 0. The fourth-order valence-corrected chi connectivity index (χ4v) is 3.16. The van der Waals surface area contributed by atoms with Gasteiger partial charge in [-0.25, -0.2) is 9.37 Å². The number of nitrogens with zero attached hydrogens (tertiary/aromatic N) is 3. The van der Waals surface area contributed by atoms with Gasteiger partial charge in [0.25, 0.3) is 5.91 Å². The summed E-state index contributed by atoms with van der Waals surface area (Å²) in [6.07, 6.45) is 0. The zero-order valence-electron chi connectivity index (χ0n) is 16.0. The SMILES string of the molecule is CCN(CC)CCn1c(NC(=O)c2cc(C)ccc2F)nc2ccccc21. The molecule has 0 radical (unpaired) electrons. The molecule has 3 rings (SSSR count). The molecule has 0 unspecified atom stereocenters. The van der Waals surface area contributed by atoms with Crippen LogP contribution < -0.4 is 5.32 Å². The van der Waals surface area contributed by atoms with Gasteiger partial charge in [0, 0.05) is 13.1 Å². The molecular weight excluding hydrogens is 343 g/mol. The van der Waals surface area contributed by atoms with Crippen LogP contribution in [0.1, 0.15) is 29.8 Å². The number of fused-ring (bicyclic) bond motifs is 1. The molecule has 1 heterocycles. The van der Waals surface area contributed by atoms with E-state index < -0.39 is 11.7 Å². The molecule has 27 heavy (non-hydrogen) atoms. The van der Waals surface area contributed by atoms with Crippen LogP contribution in [0.3, 0.4) is 0 Å². The molecule has 1 amide bonds. The minimum Gasteiger partial charge on any atom is -0.309 e. The van der Waals surface area contributed by atoms with Crippen molar-refractivity contribution in [3.8, 4) is 0 Å². The average molecular weight is 368 g/mol. The number of carbonyl (C=O) groups is 1. The Morgan fingerprint density at radius 3 is 2.67 bits per heavy atom. The Bertz CT molecular complexity index is 947. The number of halogens is 1. The van der Waals surface area contributed by atoms with Gasteiger partial charge in [0.15, 0.2) is 0 Å². The predicted octanol–water partition coefficient (Wildman–Crippen LogP) is 4.08. The second-order valence-corrected chi connectivity index (χ2v) is 6.54. The summed E-state index contributed by atoms with van der Waals surface area (Å²) in [6, 6.07) is 12.3. The number of aryl methyl sites for hydroxylation is 1. The highest BCUT2D eigenvalue weighted by Crippen LogP contribution is 2.21. The Hall–Kier alpha value is -2.73. The van der Waals surface area contributed by atoms with Crippen molar-refractivity contribution in [2.24, 2.45) is 0 Å². The molecule has 142 valence electrons. The van der Waals surface area contributed by atoms with Gasteiger partial charge in [0.1, 0.15) is 5.82 Å². The number of rotatable bonds is 7. The summed E-state index contributed by atoms with van der Waals surface area (Å²) in [5.74, 6) is -0.589. The van der Waals surface area contributed by atoms with Gasteiger partial charge in [-0.15, -0.1) is 0 Å². The van der Waals surface area contributed by atoms with Gasteiger partial charge in [-0.2, -0.15) is 0 Å². The third-order valence-corrected chi connectivity index (χ3v) is 4.78. The number of nitrogens with one attached hydrogen (secondary N) is 1.